The van der Waals surface area contributed by atoms with Gasteiger partial charge in [-0.25, -0.2) is 4.98 Å². The predicted molar refractivity (Wildman–Crippen MR) is 93.9 cm³/mol. The first-order valence-corrected chi connectivity index (χ1v) is 9.43. The fourth-order valence-corrected chi connectivity index (χ4v) is 4.86. The Hall–Kier alpha value is -1.44. The second-order valence-electron chi connectivity index (χ2n) is 7.78. The number of piperidine rings is 2. The van der Waals surface area contributed by atoms with E-state index < -0.39 is 0 Å². The molecule has 6 rings (SSSR count). The fraction of sp³-hybridized carbons (Fsp3) is 0.765. The zero-order chi connectivity index (χ0) is 15.9. The number of fused-ring (bicyclic) bond motifs is 4. The normalized spacial score (nSPS) is 38.2. The second-order valence-corrected chi connectivity index (χ2v) is 7.78. The molecule has 1 saturated carbocycles. The van der Waals surface area contributed by atoms with E-state index in [9.17, 15) is 0 Å². The summed E-state index contributed by atoms with van der Waals surface area (Å²) in [6.45, 7) is 3.19. The first kappa shape index (κ1) is 14.9. The van der Waals surface area contributed by atoms with Crippen molar-refractivity contribution in [1.82, 2.24) is 26.1 Å². The van der Waals surface area contributed by atoms with Crippen LogP contribution in [0.25, 0.3) is 0 Å². The maximum atomic E-state index is 4.84. The van der Waals surface area contributed by atoms with Crippen LogP contribution < -0.4 is 26.4 Å². The Morgan fingerprint density at radius 3 is 3.00 bits per heavy atom. The van der Waals surface area contributed by atoms with E-state index in [1.54, 1.807) is 0 Å². The topological polar surface area (TPSA) is 77.1 Å². The van der Waals surface area contributed by atoms with Crippen molar-refractivity contribution < 1.29 is 0 Å². The van der Waals surface area contributed by atoms with Crippen LogP contribution in [0.15, 0.2) is 12.3 Å². The highest BCUT2D eigenvalue weighted by Gasteiger charge is 2.35. The lowest BCUT2D eigenvalue weighted by Crippen LogP contribution is -2.61. The number of nitrogens with zero attached hydrogens (tertiary/aromatic N) is 3. The van der Waals surface area contributed by atoms with Crippen LogP contribution in [0, 0.1) is 5.92 Å². The first-order chi connectivity index (χ1) is 11.8. The molecule has 0 aromatic carbocycles. The van der Waals surface area contributed by atoms with Crippen LogP contribution in [-0.2, 0) is 0 Å². The number of piperazine rings is 1. The van der Waals surface area contributed by atoms with Crippen molar-refractivity contribution >= 4 is 11.8 Å². The molecule has 5 fully saturated rings. The van der Waals surface area contributed by atoms with Gasteiger partial charge in [-0.05, 0) is 44.1 Å². The maximum absolute atomic E-state index is 4.84. The summed E-state index contributed by atoms with van der Waals surface area (Å²) in [4.78, 5) is 11.8. The molecule has 5 atom stereocenters. The van der Waals surface area contributed by atoms with Gasteiger partial charge in [0.25, 0.3) is 0 Å². The Morgan fingerprint density at radius 1 is 1.17 bits per heavy atom. The van der Waals surface area contributed by atoms with Crippen LogP contribution in [0.4, 0.5) is 11.8 Å². The molecular formula is C17H27N7. The minimum atomic E-state index is 0.523. The lowest BCUT2D eigenvalue weighted by molar-refractivity contribution is 0.287. The molecule has 0 radical (unpaired) electrons. The van der Waals surface area contributed by atoms with Gasteiger partial charge < -0.3 is 15.5 Å². The zero-order valence-electron chi connectivity index (χ0n) is 14.0. The molecule has 5 aliphatic rings. The molecular weight excluding hydrogens is 302 g/mol. The zero-order valence-corrected chi connectivity index (χ0v) is 14.0. The molecule has 2 bridgehead atoms. The van der Waals surface area contributed by atoms with Crippen molar-refractivity contribution in [1.29, 1.82) is 0 Å². The van der Waals surface area contributed by atoms with E-state index in [2.05, 4.69) is 31.4 Å². The summed E-state index contributed by atoms with van der Waals surface area (Å²) in [5.74, 6) is 2.62. The quantitative estimate of drug-likeness (QED) is 0.642. The summed E-state index contributed by atoms with van der Waals surface area (Å²) >= 11 is 0. The molecule has 4 saturated heterocycles. The Morgan fingerprint density at radius 2 is 2.17 bits per heavy atom. The Balaban J connectivity index is 1.27. The van der Waals surface area contributed by atoms with Crippen molar-refractivity contribution in [3.8, 4) is 0 Å². The summed E-state index contributed by atoms with van der Waals surface area (Å²) < 4.78 is 0. The third kappa shape index (κ3) is 2.74. The number of anilines is 2. The second kappa shape index (κ2) is 6.13. The van der Waals surface area contributed by atoms with Gasteiger partial charge in [0.1, 0.15) is 5.82 Å². The van der Waals surface area contributed by atoms with Crippen molar-refractivity contribution in [3.05, 3.63) is 12.3 Å². The van der Waals surface area contributed by atoms with Gasteiger partial charge in [0.15, 0.2) is 0 Å². The van der Waals surface area contributed by atoms with Gasteiger partial charge >= 0.3 is 0 Å². The van der Waals surface area contributed by atoms with E-state index in [1.165, 1.54) is 32.1 Å². The molecule has 0 amide bonds. The number of aromatic nitrogens is 2. The van der Waals surface area contributed by atoms with Crippen LogP contribution >= 0.6 is 0 Å². The monoisotopic (exact) mass is 329 g/mol. The minimum Gasteiger partial charge on any atom is -0.367 e. The number of nitrogens with one attached hydrogen (secondary N) is 4. The molecule has 7 nitrogen and oxygen atoms in total. The van der Waals surface area contributed by atoms with Gasteiger partial charge in [-0.3, -0.25) is 10.9 Å². The van der Waals surface area contributed by atoms with Crippen LogP contribution in [0.2, 0.25) is 0 Å². The van der Waals surface area contributed by atoms with Crippen molar-refractivity contribution in [3.63, 3.8) is 0 Å². The average molecular weight is 329 g/mol. The first-order valence-electron chi connectivity index (χ1n) is 9.43. The third-order valence-corrected chi connectivity index (χ3v) is 6.23. The molecule has 4 N–H and O–H groups in total. The molecule has 130 valence electrons. The van der Waals surface area contributed by atoms with Gasteiger partial charge in [-0.15, -0.1) is 0 Å². The van der Waals surface area contributed by atoms with E-state index >= 15 is 0 Å². The predicted octanol–water partition coefficient (Wildman–Crippen LogP) is 0.474. The molecule has 1 aromatic heterocycles. The smallest absolute Gasteiger partial charge is 0.227 e. The minimum absolute atomic E-state index is 0.523. The van der Waals surface area contributed by atoms with Crippen LogP contribution in [0.1, 0.15) is 32.1 Å². The molecule has 5 unspecified atom stereocenters. The van der Waals surface area contributed by atoms with Gasteiger partial charge in [-0.1, -0.05) is 0 Å². The van der Waals surface area contributed by atoms with Crippen molar-refractivity contribution in [2.75, 3.05) is 29.9 Å². The lowest BCUT2D eigenvalue weighted by atomic mass is 9.83. The third-order valence-electron chi connectivity index (χ3n) is 6.23. The van der Waals surface area contributed by atoms with Gasteiger partial charge in [0.05, 0.1) is 0 Å². The summed E-state index contributed by atoms with van der Waals surface area (Å²) in [5.41, 5.74) is 6.69. The van der Waals surface area contributed by atoms with E-state index in [1.807, 2.05) is 12.3 Å². The number of hydrogen-bond acceptors (Lipinski definition) is 7. The molecule has 7 heteroatoms. The maximum Gasteiger partial charge on any atom is 0.227 e. The lowest BCUT2D eigenvalue weighted by Gasteiger charge is -2.45. The molecule has 0 spiro atoms. The standard InChI is InChI=1S/C17H27N7/c1-3-14-9-19-13(1)10-24(14)17-18-6-5-16(22-17)21-12-2-4-15-11(7-12)8-20-23-15/h5-6,11-15,19-20,23H,1-4,7-10H2,(H,18,21,22). The summed E-state index contributed by atoms with van der Waals surface area (Å²) in [5, 5.41) is 7.26. The summed E-state index contributed by atoms with van der Waals surface area (Å²) in [6, 6.07) is 4.35. The Bertz CT molecular complexity index is 586. The number of hydrazine groups is 1. The number of hydrogen-bond donors (Lipinski definition) is 4. The van der Waals surface area contributed by atoms with Crippen LogP contribution in [0.3, 0.4) is 0 Å². The van der Waals surface area contributed by atoms with Crippen molar-refractivity contribution in [2.24, 2.45) is 5.92 Å². The Kier molecular flexibility index (Phi) is 3.80. The highest BCUT2D eigenvalue weighted by molar-refractivity contribution is 5.44. The van der Waals surface area contributed by atoms with Gasteiger partial charge in [0.2, 0.25) is 5.95 Å². The molecule has 4 aliphatic heterocycles. The average Bonchev–Trinajstić information content (AvgIpc) is 3.11. The molecule has 1 aliphatic carbocycles. The SMILES string of the molecule is c1cc(NC2CCC3NNCC3C2)nc(N2CC3CCC2CN3)n1. The highest BCUT2D eigenvalue weighted by Crippen LogP contribution is 2.29. The molecule has 5 heterocycles. The van der Waals surface area contributed by atoms with E-state index in [0.29, 0.717) is 24.2 Å². The van der Waals surface area contributed by atoms with Gasteiger partial charge in [0, 0.05) is 50.0 Å². The molecule has 24 heavy (non-hydrogen) atoms. The van der Waals surface area contributed by atoms with Gasteiger partial charge in [-0.2, -0.15) is 4.98 Å². The van der Waals surface area contributed by atoms with E-state index in [-0.39, 0.29) is 0 Å². The number of rotatable bonds is 3. The van der Waals surface area contributed by atoms with Crippen molar-refractivity contribution in [2.45, 2.75) is 56.3 Å². The van der Waals surface area contributed by atoms with Crippen LogP contribution in [-0.4, -0.2) is 53.8 Å². The molecule has 1 aromatic rings. The fourth-order valence-electron chi connectivity index (χ4n) is 4.86. The summed E-state index contributed by atoms with van der Waals surface area (Å²) in [6.07, 6.45) is 8.09. The van der Waals surface area contributed by atoms with E-state index in [0.717, 1.165) is 37.3 Å². The largest absolute Gasteiger partial charge is 0.367 e. The summed E-state index contributed by atoms with van der Waals surface area (Å²) in [7, 11) is 0. The highest BCUT2D eigenvalue weighted by atomic mass is 15.4. The van der Waals surface area contributed by atoms with Crippen LogP contribution in [0.5, 0.6) is 0 Å². The Labute approximate surface area is 143 Å². The van der Waals surface area contributed by atoms with E-state index in [4.69, 9.17) is 4.98 Å².